The van der Waals surface area contributed by atoms with Gasteiger partial charge in [-0.05, 0) is 18.1 Å². The molecule has 0 aliphatic heterocycles. The first-order valence-corrected chi connectivity index (χ1v) is 7.43. The number of hydrogen-bond acceptors (Lipinski definition) is 5. The van der Waals surface area contributed by atoms with Gasteiger partial charge in [-0.3, -0.25) is 0 Å². The first kappa shape index (κ1) is 15.5. The summed E-state index contributed by atoms with van der Waals surface area (Å²) in [5.74, 6) is 5.98. The van der Waals surface area contributed by atoms with E-state index in [0.29, 0.717) is 24.1 Å². The van der Waals surface area contributed by atoms with Crippen molar-refractivity contribution in [1.29, 1.82) is 0 Å². The molecule has 0 aromatic carbocycles. The van der Waals surface area contributed by atoms with Crippen molar-refractivity contribution in [2.45, 2.75) is 13.8 Å². The van der Waals surface area contributed by atoms with E-state index in [0.717, 1.165) is 23.9 Å². The highest BCUT2D eigenvalue weighted by molar-refractivity contribution is 7.99. The Morgan fingerprint density at radius 3 is 3.00 bits per heavy atom. The van der Waals surface area contributed by atoms with E-state index in [1.807, 2.05) is 6.07 Å². The van der Waals surface area contributed by atoms with Crippen LogP contribution in [0.15, 0.2) is 12.1 Å². The number of nitrogen functional groups attached to an aromatic ring is 1. The first-order valence-electron chi connectivity index (χ1n) is 6.28. The van der Waals surface area contributed by atoms with Gasteiger partial charge in [-0.1, -0.05) is 19.8 Å². The van der Waals surface area contributed by atoms with Gasteiger partial charge in [0, 0.05) is 12.3 Å². The highest BCUT2D eigenvalue weighted by atomic mass is 32.2. The zero-order valence-corrected chi connectivity index (χ0v) is 12.3. The lowest BCUT2D eigenvalue weighted by atomic mass is 10.2. The largest absolute Gasteiger partial charge is 0.476 e. The minimum atomic E-state index is 0.443. The van der Waals surface area contributed by atoms with Crippen molar-refractivity contribution >= 4 is 23.3 Å². The van der Waals surface area contributed by atoms with Crippen LogP contribution in [0, 0.1) is 18.3 Å². The van der Waals surface area contributed by atoms with Gasteiger partial charge in [0.25, 0.3) is 0 Å². The van der Waals surface area contributed by atoms with Gasteiger partial charge < -0.3 is 15.8 Å². The third-order valence-electron chi connectivity index (χ3n) is 2.18. The molecule has 0 saturated heterocycles. The average molecular weight is 279 g/mol. The molecule has 0 atom stereocenters. The van der Waals surface area contributed by atoms with Gasteiger partial charge in [-0.2, -0.15) is 4.98 Å². The topological polar surface area (TPSA) is 60.2 Å². The quantitative estimate of drug-likeness (QED) is 0.565. The van der Waals surface area contributed by atoms with E-state index < -0.39 is 0 Å². The molecule has 1 aromatic heterocycles. The van der Waals surface area contributed by atoms with Crippen LogP contribution < -0.4 is 15.8 Å². The van der Waals surface area contributed by atoms with E-state index in [1.165, 1.54) is 0 Å². The number of terminal acetylenes is 1. The zero-order valence-electron chi connectivity index (χ0n) is 11.5. The molecule has 5 heteroatoms. The van der Waals surface area contributed by atoms with Gasteiger partial charge in [0.05, 0.1) is 18.0 Å². The van der Waals surface area contributed by atoms with Gasteiger partial charge in [0.2, 0.25) is 5.88 Å². The van der Waals surface area contributed by atoms with Crippen LogP contribution in [0.3, 0.4) is 0 Å². The number of aromatic nitrogens is 1. The molecule has 4 nitrogen and oxygen atoms in total. The molecular weight excluding hydrogens is 258 g/mol. The standard InChI is InChI=1S/C14H21N3OS/c1-4-8-19-9-7-16-13-6-5-12(15)14(17-13)18-10-11(2)3/h1,5-6,11H,7-10,15H2,2-3H3,(H,16,17). The monoisotopic (exact) mass is 279 g/mol. The van der Waals surface area contributed by atoms with Crippen molar-refractivity contribution in [3.05, 3.63) is 12.1 Å². The first-order chi connectivity index (χ1) is 9.13. The number of nitrogens with zero attached hydrogens (tertiary/aromatic N) is 1. The molecule has 0 bridgehead atoms. The molecule has 0 spiro atoms. The molecule has 0 aliphatic rings. The number of ether oxygens (including phenoxy) is 1. The molecule has 3 N–H and O–H groups in total. The van der Waals surface area contributed by atoms with Gasteiger partial charge in [-0.15, -0.1) is 18.2 Å². The highest BCUT2D eigenvalue weighted by Crippen LogP contribution is 2.21. The number of thioether (sulfide) groups is 1. The average Bonchev–Trinajstić information content (AvgIpc) is 2.38. The summed E-state index contributed by atoms with van der Waals surface area (Å²) in [5, 5.41) is 3.22. The number of rotatable bonds is 8. The number of nitrogens with one attached hydrogen (secondary N) is 1. The van der Waals surface area contributed by atoms with E-state index in [2.05, 4.69) is 30.1 Å². The SMILES string of the molecule is C#CCSCCNc1ccc(N)c(OCC(C)C)n1. The molecule has 1 aromatic rings. The third kappa shape index (κ3) is 6.25. The van der Waals surface area contributed by atoms with E-state index in [1.54, 1.807) is 17.8 Å². The van der Waals surface area contributed by atoms with Crippen molar-refractivity contribution in [1.82, 2.24) is 4.98 Å². The van der Waals surface area contributed by atoms with Crippen LogP contribution in [0.1, 0.15) is 13.8 Å². The molecule has 104 valence electrons. The minimum Gasteiger partial charge on any atom is -0.476 e. The fourth-order valence-corrected chi connectivity index (χ4v) is 1.80. The molecule has 0 radical (unpaired) electrons. The molecule has 0 aliphatic carbocycles. The lowest BCUT2D eigenvalue weighted by Crippen LogP contribution is -2.10. The smallest absolute Gasteiger partial charge is 0.239 e. The Bertz CT molecular complexity index is 429. The maximum atomic E-state index is 5.83. The van der Waals surface area contributed by atoms with Crippen molar-refractivity contribution in [2.75, 3.05) is 35.7 Å². The Hall–Kier alpha value is -1.54. The maximum Gasteiger partial charge on any atom is 0.239 e. The summed E-state index contributed by atoms with van der Waals surface area (Å²) >= 11 is 1.71. The van der Waals surface area contributed by atoms with E-state index >= 15 is 0 Å². The van der Waals surface area contributed by atoms with Crippen LogP contribution in [0.5, 0.6) is 5.88 Å². The zero-order chi connectivity index (χ0) is 14.1. The molecule has 1 heterocycles. The number of pyridine rings is 1. The lowest BCUT2D eigenvalue weighted by Gasteiger charge is -2.12. The summed E-state index contributed by atoms with van der Waals surface area (Å²) in [6.45, 7) is 5.59. The van der Waals surface area contributed by atoms with Gasteiger partial charge in [0.1, 0.15) is 5.82 Å². The number of anilines is 2. The summed E-state index contributed by atoms with van der Waals surface area (Å²) < 4.78 is 5.58. The maximum absolute atomic E-state index is 5.83. The summed E-state index contributed by atoms with van der Waals surface area (Å²) in [5.41, 5.74) is 6.39. The van der Waals surface area contributed by atoms with Crippen molar-refractivity contribution in [3.63, 3.8) is 0 Å². The Kier molecular flexibility index (Phi) is 6.98. The van der Waals surface area contributed by atoms with Crippen molar-refractivity contribution in [3.8, 4) is 18.2 Å². The van der Waals surface area contributed by atoms with E-state index in [-0.39, 0.29) is 0 Å². The summed E-state index contributed by atoms with van der Waals surface area (Å²) in [6.07, 6.45) is 5.18. The molecular formula is C14H21N3OS. The predicted molar refractivity (Wildman–Crippen MR) is 83.6 cm³/mol. The Morgan fingerprint density at radius 2 is 2.32 bits per heavy atom. The Morgan fingerprint density at radius 1 is 1.53 bits per heavy atom. The number of nitrogens with two attached hydrogens (primary N) is 1. The van der Waals surface area contributed by atoms with Crippen LogP contribution in [0.25, 0.3) is 0 Å². The van der Waals surface area contributed by atoms with Crippen LogP contribution in [0.2, 0.25) is 0 Å². The summed E-state index contributed by atoms with van der Waals surface area (Å²) in [4.78, 5) is 4.35. The van der Waals surface area contributed by atoms with Gasteiger partial charge in [-0.25, -0.2) is 0 Å². The third-order valence-corrected chi connectivity index (χ3v) is 3.04. The van der Waals surface area contributed by atoms with Crippen molar-refractivity contribution in [2.24, 2.45) is 5.92 Å². The lowest BCUT2D eigenvalue weighted by molar-refractivity contribution is 0.263. The second-order valence-electron chi connectivity index (χ2n) is 4.48. The van der Waals surface area contributed by atoms with E-state index in [4.69, 9.17) is 16.9 Å². The molecule has 19 heavy (non-hydrogen) atoms. The fourth-order valence-electron chi connectivity index (χ4n) is 1.29. The summed E-state index contributed by atoms with van der Waals surface area (Å²) in [7, 11) is 0. The predicted octanol–water partition coefficient (Wildman–Crippen LogP) is 2.48. The molecule has 0 saturated carbocycles. The normalized spacial score (nSPS) is 10.2. The molecule has 0 amide bonds. The summed E-state index contributed by atoms with van der Waals surface area (Å²) in [6, 6.07) is 3.66. The van der Waals surface area contributed by atoms with Crippen LogP contribution in [-0.4, -0.2) is 29.6 Å². The molecule has 1 rings (SSSR count). The van der Waals surface area contributed by atoms with Gasteiger partial charge in [0.15, 0.2) is 0 Å². The number of hydrogen-bond donors (Lipinski definition) is 2. The second-order valence-corrected chi connectivity index (χ2v) is 5.58. The molecule has 0 fully saturated rings. The molecule has 0 unspecified atom stereocenters. The minimum absolute atomic E-state index is 0.443. The van der Waals surface area contributed by atoms with Crippen molar-refractivity contribution < 1.29 is 4.74 Å². The highest BCUT2D eigenvalue weighted by Gasteiger charge is 2.05. The second kappa shape index (κ2) is 8.54. The van der Waals surface area contributed by atoms with E-state index in [9.17, 15) is 0 Å². The van der Waals surface area contributed by atoms with Gasteiger partial charge >= 0.3 is 0 Å². The van der Waals surface area contributed by atoms with Crippen LogP contribution >= 0.6 is 11.8 Å². The Labute approximate surface area is 119 Å². The fraction of sp³-hybridized carbons (Fsp3) is 0.500. The Balaban J connectivity index is 2.46. The van der Waals surface area contributed by atoms with Crippen LogP contribution in [0.4, 0.5) is 11.5 Å². The van der Waals surface area contributed by atoms with Crippen LogP contribution in [-0.2, 0) is 0 Å².